The van der Waals surface area contributed by atoms with E-state index in [2.05, 4.69) is 4.74 Å². The van der Waals surface area contributed by atoms with Gasteiger partial charge in [0.05, 0.1) is 13.2 Å². The van der Waals surface area contributed by atoms with Crippen LogP contribution in [0.3, 0.4) is 0 Å². The molecule has 4 nitrogen and oxygen atoms in total. The second kappa shape index (κ2) is 3.87. The van der Waals surface area contributed by atoms with Gasteiger partial charge in [0.25, 0.3) is 0 Å². The smallest absolute Gasteiger partial charge is 0.305 e. The molecule has 2 rings (SSSR count). The number of rotatable bonds is 2. The zero-order valence-electron chi connectivity index (χ0n) is 8.31. The molecule has 4 unspecified atom stereocenters. The minimum atomic E-state index is -0.620. The third-order valence-electron chi connectivity index (χ3n) is 3.37. The van der Waals surface area contributed by atoms with E-state index in [0.717, 1.165) is 12.8 Å². The van der Waals surface area contributed by atoms with Crippen molar-refractivity contribution in [2.24, 2.45) is 11.8 Å². The summed E-state index contributed by atoms with van der Waals surface area (Å²) in [7, 11) is 1.41. The molecule has 0 aromatic heterocycles. The maximum absolute atomic E-state index is 11.1. The molecule has 1 saturated carbocycles. The van der Waals surface area contributed by atoms with E-state index in [1.807, 2.05) is 0 Å². The van der Waals surface area contributed by atoms with Gasteiger partial charge < -0.3 is 14.6 Å². The van der Waals surface area contributed by atoms with Gasteiger partial charge in [0.1, 0.15) is 0 Å². The van der Waals surface area contributed by atoms with Crippen LogP contribution in [0.5, 0.6) is 0 Å². The normalized spacial score (nSPS) is 41.0. The van der Waals surface area contributed by atoms with Gasteiger partial charge in [-0.2, -0.15) is 0 Å². The standard InChI is InChI=1S/C10H16O4/c1-13-9(11)4-6-2-3-8-7(6)5-10(12)14-8/h6-8,10,12H,2-5H2,1H3. The number of esters is 1. The molecule has 0 aromatic carbocycles. The summed E-state index contributed by atoms with van der Waals surface area (Å²) in [6, 6.07) is 0. The average Bonchev–Trinajstić information content (AvgIpc) is 2.67. The summed E-state index contributed by atoms with van der Waals surface area (Å²) in [5.74, 6) is 0.533. The third-order valence-corrected chi connectivity index (χ3v) is 3.37. The topological polar surface area (TPSA) is 55.8 Å². The van der Waals surface area contributed by atoms with Crippen molar-refractivity contribution in [2.45, 2.75) is 38.1 Å². The van der Waals surface area contributed by atoms with Crippen LogP contribution in [-0.4, -0.2) is 30.6 Å². The van der Waals surface area contributed by atoms with Crippen LogP contribution in [-0.2, 0) is 14.3 Å². The minimum absolute atomic E-state index is 0.156. The fourth-order valence-electron chi connectivity index (χ4n) is 2.66. The molecule has 1 aliphatic carbocycles. The van der Waals surface area contributed by atoms with E-state index in [1.165, 1.54) is 7.11 Å². The van der Waals surface area contributed by atoms with Gasteiger partial charge in [-0.15, -0.1) is 0 Å². The second-order valence-corrected chi connectivity index (χ2v) is 4.15. The quantitative estimate of drug-likeness (QED) is 0.666. The number of hydrogen-bond donors (Lipinski definition) is 1. The Kier molecular flexibility index (Phi) is 2.74. The highest BCUT2D eigenvalue weighted by Crippen LogP contribution is 2.43. The van der Waals surface area contributed by atoms with Crippen LogP contribution in [0.25, 0.3) is 0 Å². The maximum Gasteiger partial charge on any atom is 0.305 e. The molecule has 2 fully saturated rings. The lowest BCUT2D eigenvalue weighted by molar-refractivity contribution is -0.142. The Morgan fingerprint density at radius 1 is 1.57 bits per heavy atom. The van der Waals surface area contributed by atoms with Gasteiger partial charge in [-0.25, -0.2) is 0 Å². The highest BCUT2D eigenvalue weighted by atomic mass is 16.6. The molecule has 0 spiro atoms. The van der Waals surface area contributed by atoms with Crippen LogP contribution < -0.4 is 0 Å². The average molecular weight is 200 g/mol. The molecule has 1 heterocycles. The Bertz CT molecular complexity index is 228. The molecule has 0 aromatic rings. The number of carbonyl (C=O) groups is 1. The van der Waals surface area contributed by atoms with Crippen LogP contribution in [0.15, 0.2) is 0 Å². The summed E-state index contributed by atoms with van der Waals surface area (Å²) < 4.78 is 9.98. The Morgan fingerprint density at radius 3 is 3.07 bits per heavy atom. The van der Waals surface area contributed by atoms with E-state index in [1.54, 1.807) is 0 Å². The zero-order valence-corrected chi connectivity index (χ0v) is 8.31. The van der Waals surface area contributed by atoms with Gasteiger partial charge in [-0.05, 0) is 24.7 Å². The monoisotopic (exact) mass is 200 g/mol. The van der Waals surface area contributed by atoms with Gasteiger partial charge in [0.15, 0.2) is 6.29 Å². The lowest BCUT2D eigenvalue weighted by Gasteiger charge is -2.15. The third kappa shape index (κ3) is 1.77. The zero-order chi connectivity index (χ0) is 10.1. The van der Waals surface area contributed by atoms with E-state index in [9.17, 15) is 9.90 Å². The first-order valence-electron chi connectivity index (χ1n) is 5.11. The molecule has 1 aliphatic heterocycles. The van der Waals surface area contributed by atoms with Crippen molar-refractivity contribution in [3.63, 3.8) is 0 Å². The predicted molar refractivity (Wildman–Crippen MR) is 48.3 cm³/mol. The highest BCUT2D eigenvalue weighted by molar-refractivity contribution is 5.69. The highest BCUT2D eigenvalue weighted by Gasteiger charge is 2.44. The van der Waals surface area contributed by atoms with E-state index in [-0.39, 0.29) is 12.1 Å². The SMILES string of the molecule is COC(=O)CC1CCC2OC(O)CC12. The molecule has 0 amide bonds. The summed E-state index contributed by atoms with van der Waals surface area (Å²) in [6.45, 7) is 0. The molecule has 4 heteroatoms. The molecule has 0 radical (unpaired) electrons. The van der Waals surface area contributed by atoms with Crippen LogP contribution in [0.4, 0.5) is 0 Å². The van der Waals surface area contributed by atoms with Gasteiger partial charge in [0, 0.05) is 12.8 Å². The molecule has 14 heavy (non-hydrogen) atoms. The van der Waals surface area contributed by atoms with Crippen molar-refractivity contribution in [3.8, 4) is 0 Å². The molecule has 80 valence electrons. The van der Waals surface area contributed by atoms with Crippen LogP contribution in [0.1, 0.15) is 25.7 Å². The number of ether oxygens (including phenoxy) is 2. The molecular weight excluding hydrogens is 184 g/mol. The Hall–Kier alpha value is -0.610. The number of hydrogen-bond acceptors (Lipinski definition) is 4. The van der Waals surface area contributed by atoms with Gasteiger partial charge in [0.2, 0.25) is 0 Å². The lowest BCUT2D eigenvalue weighted by atomic mass is 9.90. The van der Waals surface area contributed by atoms with E-state index >= 15 is 0 Å². The van der Waals surface area contributed by atoms with Crippen molar-refractivity contribution in [2.75, 3.05) is 7.11 Å². The van der Waals surface area contributed by atoms with Crippen molar-refractivity contribution in [3.05, 3.63) is 0 Å². The van der Waals surface area contributed by atoms with Crippen molar-refractivity contribution in [1.29, 1.82) is 0 Å². The number of aliphatic hydroxyl groups is 1. The minimum Gasteiger partial charge on any atom is -0.469 e. The summed E-state index contributed by atoms with van der Waals surface area (Å²) in [5, 5.41) is 9.31. The number of methoxy groups -OCH3 is 1. The lowest BCUT2D eigenvalue weighted by Crippen LogP contribution is -2.17. The Morgan fingerprint density at radius 2 is 2.36 bits per heavy atom. The maximum atomic E-state index is 11.1. The molecular formula is C10H16O4. The Balaban J connectivity index is 1.92. The van der Waals surface area contributed by atoms with Crippen LogP contribution >= 0.6 is 0 Å². The molecule has 4 atom stereocenters. The summed E-state index contributed by atoms with van der Waals surface area (Å²) in [4.78, 5) is 11.1. The molecule has 1 saturated heterocycles. The summed E-state index contributed by atoms with van der Waals surface area (Å²) in [6.07, 6.45) is 2.66. The fraction of sp³-hybridized carbons (Fsp3) is 0.900. The van der Waals surface area contributed by atoms with Gasteiger partial charge in [-0.3, -0.25) is 4.79 Å². The summed E-state index contributed by atoms with van der Waals surface area (Å²) >= 11 is 0. The van der Waals surface area contributed by atoms with Crippen molar-refractivity contribution >= 4 is 5.97 Å². The first-order valence-corrected chi connectivity index (χ1v) is 5.11. The Labute approximate surface area is 83.2 Å². The first kappa shape index (κ1) is 9.93. The van der Waals surface area contributed by atoms with Crippen LogP contribution in [0, 0.1) is 11.8 Å². The van der Waals surface area contributed by atoms with Crippen molar-refractivity contribution in [1.82, 2.24) is 0 Å². The molecule has 2 aliphatic rings. The van der Waals surface area contributed by atoms with Crippen LogP contribution in [0.2, 0.25) is 0 Å². The molecule has 1 N–H and O–H groups in total. The van der Waals surface area contributed by atoms with E-state index in [0.29, 0.717) is 24.7 Å². The largest absolute Gasteiger partial charge is 0.469 e. The van der Waals surface area contributed by atoms with Gasteiger partial charge >= 0.3 is 5.97 Å². The number of fused-ring (bicyclic) bond motifs is 1. The second-order valence-electron chi connectivity index (χ2n) is 4.15. The fourth-order valence-corrected chi connectivity index (χ4v) is 2.66. The van der Waals surface area contributed by atoms with Gasteiger partial charge in [-0.1, -0.05) is 0 Å². The van der Waals surface area contributed by atoms with E-state index in [4.69, 9.17) is 4.74 Å². The first-order chi connectivity index (χ1) is 6.70. The number of aliphatic hydroxyl groups excluding tert-OH is 1. The number of carbonyl (C=O) groups excluding carboxylic acids is 1. The van der Waals surface area contributed by atoms with Crippen molar-refractivity contribution < 1.29 is 19.4 Å². The molecule has 0 bridgehead atoms. The summed E-state index contributed by atoms with van der Waals surface area (Å²) in [5.41, 5.74) is 0. The predicted octanol–water partition coefficient (Wildman–Crippen LogP) is 0.683. The van der Waals surface area contributed by atoms with E-state index < -0.39 is 6.29 Å².